The van der Waals surface area contributed by atoms with E-state index in [4.69, 9.17) is 4.74 Å². The van der Waals surface area contributed by atoms with Crippen LogP contribution in [-0.2, 0) is 6.61 Å². The van der Waals surface area contributed by atoms with Crippen molar-refractivity contribution in [2.45, 2.75) is 20.5 Å². The molecule has 0 bridgehead atoms. The predicted octanol–water partition coefficient (Wildman–Crippen LogP) is 2.79. The SMILES string of the molecule is CCOc1ccc(C=NNc2nc(C)cs2)cc1CO. The lowest BCUT2D eigenvalue weighted by atomic mass is 10.1. The van der Waals surface area contributed by atoms with Gasteiger partial charge in [0.15, 0.2) is 0 Å². The van der Waals surface area contributed by atoms with Crippen molar-refractivity contribution >= 4 is 22.7 Å². The molecule has 0 unspecified atom stereocenters. The van der Waals surface area contributed by atoms with Gasteiger partial charge in [0.25, 0.3) is 0 Å². The molecule has 0 saturated carbocycles. The molecule has 1 aromatic heterocycles. The number of hydrogen-bond donors (Lipinski definition) is 2. The summed E-state index contributed by atoms with van der Waals surface area (Å²) in [6.07, 6.45) is 1.69. The van der Waals surface area contributed by atoms with Gasteiger partial charge in [0.2, 0.25) is 5.13 Å². The van der Waals surface area contributed by atoms with Crippen molar-refractivity contribution in [3.63, 3.8) is 0 Å². The Morgan fingerprint density at radius 1 is 1.50 bits per heavy atom. The summed E-state index contributed by atoms with van der Waals surface area (Å²) in [4.78, 5) is 4.25. The van der Waals surface area contributed by atoms with Gasteiger partial charge in [0.05, 0.1) is 25.1 Å². The number of aryl methyl sites for hydroxylation is 1. The third-order valence-corrected chi connectivity index (χ3v) is 3.41. The number of hydrogen-bond acceptors (Lipinski definition) is 6. The predicted molar refractivity (Wildman–Crippen MR) is 81.6 cm³/mol. The highest BCUT2D eigenvalue weighted by atomic mass is 32.1. The number of nitrogens with one attached hydrogen (secondary N) is 1. The van der Waals surface area contributed by atoms with Crippen LogP contribution in [0.2, 0.25) is 0 Å². The highest BCUT2D eigenvalue weighted by Crippen LogP contribution is 2.20. The van der Waals surface area contributed by atoms with Gasteiger partial charge < -0.3 is 9.84 Å². The zero-order valence-corrected chi connectivity index (χ0v) is 12.3. The van der Waals surface area contributed by atoms with Crippen LogP contribution in [0.5, 0.6) is 5.75 Å². The van der Waals surface area contributed by atoms with E-state index < -0.39 is 0 Å². The van der Waals surface area contributed by atoms with Gasteiger partial charge in [-0.3, -0.25) is 5.43 Å². The van der Waals surface area contributed by atoms with Gasteiger partial charge in [-0.25, -0.2) is 4.98 Å². The Labute approximate surface area is 121 Å². The highest BCUT2D eigenvalue weighted by molar-refractivity contribution is 7.13. The van der Waals surface area contributed by atoms with Crippen molar-refractivity contribution < 1.29 is 9.84 Å². The van der Waals surface area contributed by atoms with E-state index in [-0.39, 0.29) is 6.61 Å². The first-order chi connectivity index (χ1) is 9.72. The van der Waals surface area contributed by atoms with Crippen LogP contribution in [0.15, 0.2) is 28.7 Å². The molecular weight excluding hydrogens is 274 g/mol. The second-order valence-electron chi connectivity index (χ2n) is 4.12. The van der Waals surface area contributed by atoms with Crippen molar-refractivity contribution in [3.05, 3.63) is 40.4 Å². The lowest BCUT2D eigenvalue weighted by Crippen LogP contribution is -1.98. The molecule has 0 saturated heterocycles. The molecule has 0 amide bonds. The zero-order valence-electron chi connectivity index (χ0n) is 11.5. The van der Waals surface area contributed by atoms with E-state index in [2.05, 4.69) is 15.5 Å². The zero-order chi connectivity index (χ0) is 14.4. The number of anilines is 1. The summed E-state index contributed by atoms with van der Waals surface area (Å²) >= 11 is 1.51. The third-order valence-electron chi connectivity index (χ3n) is 2.55. The first-order valence-corrected chi connectivity index (χ1v) is 7.18. The Kier molecular flexibility index (Phi) is 5.09. The number of aliphatic hydroxyl groups excluding tert-OH is 1. The van der Waals surface area contributed by atoms with Crippen LogP contribution >= 0.6 is 11.3 Å². The second kappa shape index (κ2) is 7.02. The van der Waals surface area contributed by atoms with Gasteiger partial charge in [-0.05, 0) is 37.6 Å². The lowest BCUT2D eigenvalue weighted by molar-refractivity contribution is 0.267. The molecule has 5 nitrogen and oxygen atoms in total. The van der Waals surface area contributed by atoms with Crippen molar-refractivity contribution in [2.75, 3.05) is 12.0 Å². The number of rotatable bonds is 6. The fourth-order valence-electron chi connectivity index (χ4n) is 1.67. The van der Waals surface area contributed by atoms with E-state index in [0.717, 1.165) is 22.0 Å². The number of thiazole rings is 1. The van der Waals surface area contributed by atoms with E-state index in [1.165, 1.54) is 11.3 Å². The van der Waals surface area contributed by atoms with Gasteiger partial charge in [-0.2, -0.15) is 5.10 Å². The maximum atomic E-state index is 9.33. The standard InChI is InChI=1S/C14H17N3O2S/c1-3-19-13-5-4-11(6-12(13)8-18)7-15-17-14-16-10(2)9-20-14/h4-7,9,18H,3,8H2,1-2H3,(H,16,17). The Morgan fingerprint density at radius 2 is 2.35 bits per heavy atom. The molecule has 6 heteroatoms. The third kappa shape index (κ3) is 3.79. The second-order valence-corrected chi connectivity index (χ2v) is 4.98. The monoisotopic (exact) mass is 291 g/mol. The van der Waals surface area contributed by atoms with E-state index in [9.17, 15) is 5.11 Å². The van der Waals surface area contributed by atoms with Crippen molar-refractivity contribution in [2.24, 2.45) is 5.10 Å². The van der Waals surface area contributed by atoms with Gasteiger partial charge in [-0.1, -0.05) is 0 Å². The average Bonchev–Trinajstić information content (AvgIpc) is 2.86. The Morgan fingerprint density at radius 3 is 3.00 bits per heavy atom. The fraction of sp³-hybridized carbons (Fsp3) is 0.286. The van der Waals surface area contributed by atoms with Crippen LogP contribution in [0.4, 0.5) is 5.13 Å². The molecule has 106 valence electrons. The van der Waals surface area contributed by atoms with Crippen LogP contribution in [0.25, 0.3) is 0 Å². The molecule has 0 aliphatic carbocycles. The van der Waals surface area contributed by atoms with Gasteiger partial charge in [-0.15, -0.1) is 11.3 Å². The summed E-state index contributed by atoms with van der Waals surface area (Å²) in [7, 11) is 0. The molecule has 0 aliphatic heterocycles. The molecule has 0 atom stereocenters. The number of ether oxygens (including phenoxy) is 1. The van der Waals surface area contributed by atoms with Gasteiger partial charge in [0.1, 0.15) is 5.75 Å². The number of aromatic nitrogens is 1. The first kappa shape index (κ1) is 14.5. The maximum absolute atomic E-state index is 9.33. The molecule has 1 aromatic carbocycles. The van der Waals surface area contributed by atoms with Gasteiger partial charge in [0, 0.05) is 10.9 Å². The summed E-state index contributed by atoms with van der Waals surface area (Å²) in [5.41, 5.74) is 5.48. The van der Waals surface area contributed by atoms with E-state index >= 15 is 0 Å². The fourth-order valence-corrected chi connectivity index (χ4v) is 2.30. The molecular formula is C14H17N3O2S. The number of aliphatic hydroxyl groups is 1. The van der Waals surface area contributed by atoms with Crippen LogP contribution < -0.4 is 10.2 Å². The summed E-state index contributed by atoms with van der Waals surface area (Å²) in [6.45, 7) is 4.36. The lowest BCUT2D eigenvalue weighted by Gasteiger charge is -2.08. The maximum Gasteiger partial charge on any atom is 0.203 e. The Balaban J connectivity index is 2.05. The molecule has 0 spiro atoms. The van der Waals surface area contributed by atoms with Gasteiger partial charge >= 0.3 is 0 Å². The van der Waals surface area contributed by atoms with E-state index in [1.54, 1.807) is 6.21 Å². The largest absolute Gasteiger partial charge is 0.494 e. The van der Waals surface area contributed by atoms with Crippen LogP contribution in [0.3, 0.4) is 0 Å². The topological polar surface area (TPSA) is 66.7 Å². The summed E-state index contributed by atoms with van der Waals surface area (Å²) in [5, 5.41) is 16.2. The minimum Gasteiger partial charge on any atom is -0.494 e. The Bertz CT molecular complexity index is 596. The molecule has 0 aliphatic rings. The van der Waals surface area contributed by atoms with E-state index in [0.29, 0.717) is 12.4 Å². The van der Waals surface area contributed by atoms with Crippen LogP contribution in [0, 0.1) is 6.92 Å². The van der Waals surface area contributed by atoms with Crippen molar-refractivity contribution in [3.8, 4) is 5.75 Å². The highest BCUT2D eigenvalue weighted by Gasteiger charge is 2.03. The summed E-state index contributed by atoms with van der Waals surface area (Å²) in [6, 6.07) is 5.58. The van der Waals surface area contributed by atoms with Crippen molar-refractivity contribution in [1.82, 2.24) is 4.98 Å². The van der Waals surface area contributed by atoms with Crippen LogP contribution in [0.1, 0.15) is 23.7 Å². The molecule has 1 heterocycles. The normalized spacial score (nSPS) is 10.9. The number of nitrogens with zero attached hydrogens (tertiary/aromatic N) is 2. The van der Waals surface area contributed by atoms with E-state index in [1.807, 2.05) is 37.4 Å². The average molecular weight is 291 g/mol. The number of benzene rings is 1. The quantitative estimate of drug-likeness (QED) is 0.634. The number of hydrazone groups is 1. The molecule has 2 N–H and O–H groups in total. The molecule has 2 rings (SSSR count). The molecule has 2 aromatic rings. The van der Waals surface area contributed by atoms with Crippen LogP contribution in [-0.4, -0.2) is 22.9 Å². The summed E-state index contributed by atoms with van der Waals surface area (Å²) < 4.78 is 5.43. The van der Waals surface area contributed by atoms with Crippen molar-refractivity contribution in [1.29, 1.82) is 0 Å². The smallest absolute Gasteiger partial charge is 0.203 e. The minimum absolute atomic E-state index is 0.0594. The first-order valence-electron chi connectivity index (χ1n) is 6.30. The Hall–Kier alpha value is -1.92. The summed E-state index contributed by atoms with van der Waals surface area (Å²) in [5.74, 6) is 0.704. The molecule has 20 heavy (non-hydrogen) atoms. The molecule has 0 fully saturated rings. The minimum atomic E-state index is -0.0594. The molecule has 0 radical (unpaired) electrons.